The standard InChI is InChI=1S/C44H71NO11/c1-9-12-32-18-26(2)17-27(3)19-38(53-7)42-39(54-8)21-29(5)44(52,56-42)24-40(50)45-16-11-10-13-34(45)43(51)55-41(30(6)36(48)23-37(32)49)28(4)20-31-14-15-35(47)33(22-31)25-46/h9,18,20,27,29-36,38-39,41-42,46-48,52H,1,10-17,19,21-25H2,2-8H3/b26-18+,28-20+/t27-,29+,30+,31?,32+,33-,34-,35+,36+,38-,39-,41+,42+,44-/m0/s1. The first kappa shape index (κ1) is 46.2. The Hall–Kier alpha value is -2.45. The Morgan fingerprint density at radius 3 is 2.36 bits per heavy atom. The third kappa shape index (κ3) is 11.6. The second kappa shape index (κ2) is 21.0. The molecule has 4 aliphatic rings. The zero-order valence-electron chi connectivity index (χ0n) is 34.9. The molecule has 1 amide bonds. The van der Waals surface area contributed by atoms with Crippen molar-refractivity contribution in [2.24, 2.45) is 35.5 Å². The fourth-order valence-corrected chi connectivity index (χ4v) is 9.59. The summed E-state index contributed by atoms with van der Waals surface area (Å²) in [5.74, 6) is -4.85. The first-order chi connectivity index (χ1) is 26.5. The van der Waals surface area contributed by atoms with Crippen LogP contribution in [0.25, 0.3) is 0 Å². The van der Waals surface area contributed by atoms with E-state index in [1.165, 1.54) is 4.90 Å². The molecule has 3 fully saturated rings. The van der Waals surface area contributed by atoms with Crippen LogP contribution >= 0.6 is 0 Å². The average molecular weight is 790 g/mol. The lowest BCUT2D eigenvalue weighted by molar-refractivity contribution is -0.321. The van der Waals surface area contributed by atoms with Crippen molar-refractivity contribution in [1.82, 2.24) is 4.90 Å². The number of carbonyl (C=O) groups excluding carboxylic acids is 3. The molecule has 14 atom stereocenters. The van der Waals surface area contributed by atoms with Gasteiger partial charge in [0.15, 0.2) is 5.79 Å². The number of carbonyl (C=O) groups is 3. The monoisotopic (exact) mass is 790 g/mol. The molecule has 318 valence electrons. The van der Waals surface area contributed by atoms with Crippen LogP contribution in [0.15, 0.2) is 36.0 Å². The van der Waals surface area contributed by atoms with Crippen molar-refractivity contribution >= 4 is 17.7 Å². The van der Waals surface area contributed by atoms with E-state index in [1.807, 2.05) is 32.9 Å². The van der Waals surface area contributed by atoms with Gasteiger partial charge in [-0.1, -0.05) is 44.6 Å². The number of cyclic esters (lactones) is 1. The molecule has 1 aliphatic carbocycles. The van der Waals surface area contributed by atoms with E-state index in [9.17, 15) is 34.8 Å². The van der Waals surface area contributed by atoms with Crippen molar-refractivity contribution in [3.05, 3.63) is 36.0 Å². The summed E-state index contributed by atoms with van der Waals surface area (Å²) in [6, 6.07) is -0.919. The van der Waals surface area contributed by atoms with Gasteiger partial charge in [-0.2, -0.15) is 0 Å². The summed E-state index contributed by atoms with van der Waals surface area (Å²) in [6.45, 7) is 13.6. The fourth-order valence-electron chi connectivity index (χ4n) is 9.59. The quantitative estimate of drug-likeness (QED) is 0.201. The molecule has 3 heterocycles. The number of nitrogens with zero attached hydrogens (tertiary/aromatic N) is 1. The number of piperidine rings is 1. The van der Waals surface area contributed by atoms with Gasteiger partial charge in [0, 0.05) is 57.5 Å². The third-order valence-electron chi connectivity index (χ3n) is 13.1. The Bertz CT molecular complexity index is 1400. The fraction of sp³-hybridized carbons (Fsp3) is 0.795. The van der Waals surface area contributed by atoms with Crippen LogP contribution in [-0.4, -0.2) is 119 Å². The van der Waals surface area contributed by atoms with Crippen molar-refractivity contribution in [3.63, 3.8) is 0 Å². The molecule has 4 rings (SSSR count). The van der Waals surface area contributed by atoms with E-state index in [4.69, 9.17) is 18.9 Å². The SMILES string of the molecule is C=CC[C@@H]1/C=C(\C)C[C@H](C)C[C@H](OC)[C@H]2O[C@@](O)(CC(=O)N3CCCC[C@H]3C(=O)O[C@H](/C(C)=C/C3CC[C@@H](O)[C@H](CO)C3)[C@H](C)[C@H](O)CC1=O)[C@H](C)C[C@@H]2OC. The Morgan fingerprint density at radius 2 is 1.70 bits per heavy atom. The number of allylic oxidation sites excluding steroid dienone is 4. The summed E-state index contributed by atoms with van der Waals surface area (Å²) in [5.41, 5.74) is 1.70. The summed E-state index contributed by atoms with van der Waals surface area (Å²) >= 11 is 0. The van der Waals surface area contributed by atoms with Gasteiger partial charge in [0.1, 0.15) is 24.0 Å². The van der Waals surface area contributed by atoms with Crippen molar-refractivity contribution in [3.8, 4) is 0 Å². The number of esters is 1. The van der Waals surface area contributed by atoms with Crippen LogP contribution in [-0.2, 0) is 33.3 Å². The van der Waals surface area contributed by atoms with Crippen molar-refractivity contribution in [2.45, 2.75) is 160 Å². The van der Waals surface area contributed by atoms with Crippen LogP contribution in [0.2, 0.25) is 0 Å². The van der Waals surface area contributed by atoms with E-state index >= 15 is 0 Å². The second-order valence-electron chi connectivity index (χ2n) is 17.5. The topological polar surface area (TPSA) is 172 Å². The van der Waals surface area contributed by atoms with Crippen LogP contribution in [0.5, 0.6) is 0 Å². The zero-order chi connectivity index (χ0) is 41.3. The first-order valence-electron chi connectivity index (χ1n) is 21.0. The van der Waals surface area contributed by atoms with Gasteiger partial charge < -0.3 is 44.3 Å². The first-order valence-corrected chi connectivity index (χ1v) is 21.0. The Kier molecular flexibility index (Phi) is 17.3. The molecule has 1 saturated carbocycles. The lowest BCUT2D eigenvalue weighted by atomic mass is 9.78. The number of aliphatic hydroxyl groups is 4. The Morgan fingerprint density at radius 1 is 1.00 bits per heavy atom. The van der Waals surface area contributed by atoms with Crippen LogP contribution in [0, 0.1) is 35.5 Å². The van der Waals surface area contributed by atoms with Crippen molar-refractivity contribution < 1.29 is 53.8 Å². The predicted molar refractivity (Wildman–Crippen MR) is 212 cm³/mol. The number of ketones is 1. The molecule has 56 heavy (non-hydrogen) atoms. The molecule has 3 aliphatic heterocycles. The van der Waals surface area contributed by atoms with Gasteiger partial charge in [-0.25, -0.2) is 4.79 Å². The van der Waals surface area contributed by atoms with Gasteiger partial charge in [0.2, 0.25) is 5.91 Å². The molecule has 4 N–H and O–H groups in total. The van der Waals surface area contributed by atoms with Gasteiger partial charge in [-0.05, 0) is 95.5 Å². The number of rotatable bonds is 7. The van der Waals surface area contributed by atoms with Crippen LogP contribution < -0.4 is 0 Å². The molecule has 0 aromatic carbocycles. The number of hydrogen-bond acceptors (Lipinski definition) is 11. The van der Waals surface area contributed by atoms with Gasteiger partial charge in [-0.3, -0.25) is 9.59 Å². The zero-order valence-corrected chi connectivity index (χ0v) is 34.9. The largest absolute Gasteiger partial charge is 0.456 e. The maximum absolute atomic E-state index is 14.3. The van der Waals surface area contributed by atoms with E-state index in [1.54, 1.807) is 27.2 Å². The van der Waals surface area contributed by atoms with Crippen LogP contribution in [0.3, 0.4) is 0 Å². The molecule has 12 heteroatoms. The molecule has 0 aromatic rings. The highest BCUT2D eigenvalue weighted by molar-refractivity contribution is 5.85. The van der Waals surface area contributed by atoms with E-state index in [0.29, 0.717) is 76.3 Å². The van der Waals surface area contributed by atoms with Crippen LogP contribution in [0.4, 0.5) is 0 Å². The molecule has 1 unspecified atom stereocenters. The minimum absolute atomic E-state index is 0.00284. The lowest BCUT2D eigenvalue weighted by Crippen LogP contribution is -2.59. The summed E-state index contributed by atoms with van der Waals surface area (Å²) in [4.78, 5) is 43.9. The summed E-state index contributed by atoms with van der Waals surface area (Å²) in [7, 11) is 3.21. The molecule has 2 bridgehead atoms. The second-order valence-corrected chi connectivity index (χ2v) is 17.5. The lowest BCUT2D eigenvalue weighted by Gasteiger charge is -2.48. The maximum Gasteiger partial charge on any atom is 0.329 e. The Labute approximate surface area is 334 Å². The van der Waals surface area contributed by atoms with E-state index < -0.39 is 78.1 Å². The highest BCUT2D eigenvalue weighted by Crippen LogP contribution is 2.40. The van der Waals surface area contributed by atoms with E-state index in [2.05, 4.69) is 13.5 Å². The average Bonchev–Trinajstić information content (AvgIpc) is 3.16. The third-order valence-corrected chi connectivity index (χ3v) is 13.1. The smallest absolute Gasteiger partial charge is 0.329 e. The summed E-state index contributed by atoms with van der Waals surface area (Å²) in [5, 5.41) is 44.1. The summed E-state index contributed by atoms with van der Waals surface area (Å²) in [6.07, 6.45) is 6.55. The number of Topliss-reactive ketones (excluding diaryl/α,β-unsaturated/α-hetero) is 1. The van der Waals surface area contributed by atoms with Gasteiger partial charge in [0.05, 0.1) is 30.8 Å². The number of aliphatic hydroxyl groups excluding tert-OH is 3. The van der Waals surface area contributed by atoms with Crippen molar-refractivity contribution in [1.29, 1.82) is 0 Å². The number of fused-ring (bicyclic) bond motifs is 3. The molecule has 0 spiro atoms. The molecule has 0 radical (unpaired) electrons. The molecule has 2 saturated heterocycles. The van der Waals surface area contributed by atoms with E-state index in [-0.39, 0.29) is 43.0 Å². The highest BCUT2D eigenvalue weighted by atomic mass is 16.7. The minimum atomic E-state index is -1.84. The molecular weight excluding hydrogens is 718 g/mol. The Balaban J connectivity index is 1.74. The molecular formula is C44H71NO11. The number of amides is 1. The predicted octanol–water partition coefficient (Wildman–Crippen LogP) is 5.05. The van der Waals surface area contributed by atoms with Gasteiger partial charge >= 0.3 is 5.97 Å². The minimum Gasteiger partial charge on any atom is -0.456 e. The normalized spacial score (nSPS) is 41.4. The number of methoxy groups -OCH3 is 2. The van der Waals surface area contributed by atoms with Gasteiger partial charge in [0.25, 0.3) is 0 Å². The summed E-state index contributed by atoms with van der Waals surface area (Å²) < 4.78 is 24.7. The highest BCUT2D eigenvalue weighted by Gasteiger charge is 2.51. The maximum atomic E-state index is 14.3. The molecule has 0 aromatic heterocycles. The molecule has 12 nitrogen and oxygen atoms in total. The number of ether oxygens (including phenoxy) is 4. The number of hydrogen-bond donors (Lipinski definition) is 4. The van der Waals surface area contributed by atoms with Gasteiger partial charge in [-0.15, -0.1) is 6.58 Å². The van der Waals surface area contributed by atoms with Crippen molar-refractivity contribution in [2.75, 3.05) is 27.4 Å². The van der Waals surface area contributed by atoms with Crippen LogP contribution in [0.1, 0.15) is 112 Å². The van der Waals surface area contributed by atoms with E-state index in [0.717, 1.165) is 5.57 Å².